The van der Waals surface area contributed by atoms with Crippen LogP contribution in [0.5, 0.6) is 0 Å². The average molecular weight is 429 g/mol. The molecule has 1 fully saturated rings. The van der Waals surface area contributed by atoms with E-state index in [1.807, 2.05) is 64.9 Å². The largest absolute Gasteiger partial charge is 0.378 e. The molecule has 0 aliphatic carbocycles. The van der Waals surface area contributed by atoms with Crippen molar-refractivity contribution in [1.82, 2.24) is 19.7 Å². The van der Waals surface area contributed by atoms with Gasteiger partial charge >= 0.3 is 0 Å². The molecule has 0 saturated carbocycles. The normalized spacial score (nSPS) is 14.2. The van der Waals surface area contributed by atoms with E-state index in [9.17, 15) is 4.79 Å². The SMILES string of the molecule is Cc1ccc(-n2c(SCC(=O)N3CCOCC3)nnc2-c2ccccc2Cl)cc1. The van der Waals surface area contributed by atoms with E-state index in [-0.39, 0.29) is 5.91 Å². The summed E-state index contributed by atoms with van der Waals surface area (Å²) in [5, 5.41) is 10.0. The first-order valence-corrected chi connectivity index (χ1v) is 10.8. The third-order valence-corrected chi connectivity index (χ3v) is 5.97. The van der Waals surface area contributed by atoms with Gasteiger partial charge in [0.1, 0.15) is 0 Å². The first kappa shape index (κ1) is 19.9. The molecule has 29 heavy (non-hydrogen) atoms. The fourth-order valence-electron chi connectivity index (χ4n) is 3.14. The summed E-state index contributed by atoms with van der Waals surface area (Å²) in [5.74, 6) is 1.03. The Balaban J connectivity index is 1.66. The van der Waals surface area contributed by atoms with Crippen LogP contribution in [0, 0.1) is 6.92 Å². The number of hydrogen-bond donors (Lipinski definition) is 0. The van der Waals surface area contributed by atoms with Crippen molar-refractivity contribution in [1.29, 1.82) is 0 Å². The number of halogens is 1. The van der Waals surface area contributed by atoms with Crippen LogP contribution in [0.2, 0.25) is 5.02 Å². The number of hydrogen-bond acceptors (Lipinski definition) is 5. The van der Waals surface area contributed by atoms with E-state index in [0.29, 0.717) is 48.1 Å². The summed E-state index contributed by atoms with van der Waals surface area (Å²) < 4.78 is 7.28. The second-order valence-corrected chi connectivity index (χ2v) is 8.09. The Kier molecular flexibility index (Phi) is 6.18. The molecule has 1 saturated heterocycles. The predicted molar refractivity (Wildman–Crippen MR) is 115 cm³/mol. The van der Waals surface area contributed by atoms with Gasteiger partial charge in [0.2, 0.25) is 5.91 Å². The molecule has 1 aromatic heterocycles. The number of aromatic nitrogens is 3. The fraction of sp³-hybridized carbons (Fsp3) is 0.286. The highest BCUT2D eigenvalue weighted by Crippen LogP contribution is 2.32. The zero-order chi connectivity index (χ0) is 20.2. The van der Waals surface area contributed by atoms with Crippen molar-refractivity contribution < 1.29 is 9.53 Å². The van der Waals surface area contributed by atoms with Gasteiger partial charge in [-0.2, -0.15) is 0 Å². The summed E-state index contributed by atoms with van der Waals surface area (Å²) in [6.45, 7) is 4.49. The molecule has 1 aliphatic rings. The molecular weight excluding hydrogens is 408 g/mol. The fourth-order valence-corrected chi connectivity index (χ4v) is 4.21. The molecule has 4 rings (SSSR count). The van der Waals surface area contributed by atoms with E-state index < -0.39 is 0 Å². The number of carbonyl (C=O) groups excluding carboxylic acids is 1. The van der Waals surface area contributed by atoms with Crippen LogP contribution in [-0.2, 0) is 9.53 Å². The average Bonchev–Trinajstić information content (AvgIpc) is 3.17. The number of morpholine rings is 1. The third kappa shape index (κ3) is 4.47. The second kappa shape index (κ2) is 8.98. The van der Waals surface area contributed by atoms with Crippen molar-refractivity contribution in [2.75, 3.05) is 32.1 Å². The zero-order valence-electron chi connectivity index (χ0n) is 16.0. The van der Waals surface area contributed by atoms with Crippen molar-refractivity contribution in [3.05, 3.63) is 59.1 Å². The number of aryl methyl sites for hydroxylation is 1. The quantitative estimate of drug-likeness (QED) is 0.578. The van der Waals surface area contributed by atoms with Gasteiger partial charge in [0.05, 0.1) is 24.0 Å². The smallest absolute Gasteiger partial charge is 0.233 e. The van der Waals surface area contributed by atoms with Crippen LogP contribution < -0.4 is 0 Å². The molecule has 0 spiro atoms. The maximum absolute atomic E-state index is 12.6. The lowest BCUT2D eigenvalue weighted by molar-refractivity contribution is -0.132. The van der Waals surface area contributed by atoms with Gasteiger partial charge < -0.3 is 9.64 Å². The molecule has 0 radical (unpaired) electrons. The van der Waals surface area contributed by atoms with Crippen molar-refractivity contribution in [3.63, 3.8) is 0 Å². The van der Waals surface area contributed by atoms with Gasteiger partial charge in [-0.1, -0.05) is 53.2 Å². The van der Waals surface area contributed by atoms with Crippen molar-refractivity contribution >= 4 is 29.3 Å². The highest BCUT2D eigenvalue weighted by molar-refractivity contribution is 7.99. The molecule has 0 N–H and O–H groups in total. The van der Waals surface area contributed by atoms with Crippen LogP contribution in [0.3, 0.4) is 0 Å². The minimum atomic E-state index is 0.0797. The summed E-state index contributed by atoms with van der Waals surface area (Å²) in [5.41, 5.74) is 2.89. The van der Waals surface area contributed by atoms with Crippen LogP contribution in [0.25, 0.3) is 17.1 Å². The molecule has 150 valence electrons. The lowest BCUT2D eigenvalue weighted by atomic mass is 10.2. The Bertz CT molecular complexity index is 1000. The summed E-state index contributed by atoms with van der Waals surface area (Å²) >= 11 is 7.80. The van der Waals surface area contributed by atoms with Gasteiger partial charge in [0.25, 0.3) is 0 Å². The standard InChI is InChI=1S/C21H21ClN4O2S/c1-15-6-8-16(9-7-15)26-20(17-4-2-3-5-18(17)22)23-24-21(26)29-14-19(27)25-10-12-28-13-11-25/h2-9H,10-14H2,1H3. The molecule has 1 amide bonds. The lowest BCUT2D eigenvalue weighted by Crippen LogP contribution is -2.41. The van der Waals surface area contributed by atoms with Crippen LogP contribution >= 0.6 is 23.4 Å². The first-order chi connectivity index (χ1) is 14.1. The molecule has 0 unspecified atom stereocenters. The Morgan fingerprint density at radius 2 is 1.83 bits per heavy atom. The van der Waals surface area contributed by atoms with Gasteiger partial charge in [-0.05, 0) is 31.2 Å². The predicted octanol–water partition coefficient (Wildman–Crippen LogP) is 3.85. The zero-order valence-corrected chi connectivity index (χ0v) is 17.6. The monoisotopic (exact) mass is 428 g/mol. The minimum absolute atomic E-state index is 0.0797. The Morgan fingerprint density at radius 1 is 1.10 bits per heavy atom. The molecule has 6 nitrogen and oxygen atoms in total. The molecular formula is C21H21ClN4O2S. The van der Waals surface area contributed by atoms with E-state index in [0.717, 1.165) is 16.8 Å². The van der Waals surface area contributed by atoms with Crippen molar-refractivity contribution in [2.45, 2.75) is 12.1 Å². The van der Waals surface area contributed by atoms with Gasteiger partial charge in [-0.15, -0.1) is 10.2 Å². The lowest BCUT2D eigenvalue weighted by Gasteiger charge is -2.26. The van der Waals surface area contributed by atoms with Crippen molar-refractivity contribution in [2.24, 2.45) is 0 Å². The van der Waals surface area contributed by atoms with E-state index in [1.165, 1.54) is 11.8 Å². The number of thioether (sulfide) groups is 1. The maximum atomic E-state index is 12.6. The molecule has 8 heteroatoms. The van der Waals surface area contributed by atoms with Crippen LogP contribution in [0.4, 0.5) is 0 Å². The molecule has 2 aromatic carbocycles. The van der Waals surface area contributed by atoms with Crippen LogP contribution in [0.1, 0.15) is 5.56 Å². The van der Waals surface area contributed by atoms with E-state index in [4.69, 9.17) is 16.3 Å². The van der Waals surface area contributed by atoms with E-state index in [2.05, 4.69) is 10.2 Å². The Labute approximate surface area is 178 Å². The Morgan fingerprint density at radius 3 is 2.55 bits per heavy atom. The van der Waals surface area contributed by atoms with E-state index >= 15 is 0 Å². The van der Waals surface area contributed by atoms with Gasteiger partial charge in [0.15, 0.2) is 11.0 Å². The number of carbonyl (C=O) groups is 1. The van der Waals surface area contributed by atoms with Crippen molar-refractivity contribution in [3.8, 4) is 17.1 Å². The molecule has 0 atom stereocenters. The number of benzene rings is 2. The number of nitrogens with zero attached hydrogens (tertiary/aromatic N) is 4. The second-order valence-electron chi connectivity index (χ2n) is 6.74. The minimum Gasteiger partial charge on any atom is -0.378 e. The molecule has 0 bridgehead atoms. The molecule has 3 aromatic rings. The molecule has 1 aliphatic heterocycles. The maximum Gasteiger partial charge on any atom is 0.233 e. The summed E-state index contributed by atoms with van der Waals surface area (Å²) in [6, 6.07) is 15.7. The highest BCUT2D eigenvalue weighted by atomic mass is 35.5. The van der Waals surface area contributed by atoms with Gasteiger partial charge in [-0.25, -0.2) is 0 Å². The van der Waals surface area contributed by atoms with Gasteiger partial charge in [-0.3, -0.25) is 9.36 Å². The summed E-state index contributed by atoms with van der Waals surface area (Å²) in [7, 11) is 0. The Hall–Kier alpha value is -2.35. The number of amides is 1. The number of ether oxygens (including phenoxy) is 1. The number of rotatable bonds is 5. The summed E-state index contributed by atoms with van der Waals surface area (Å²) in [6.07, 6.45) is 0. The van der Waals surface area contributed by atoms with Crippen LogP contribution in [0.15, 0.2) is 53.7 Å². The van der Waals surface area contributed by atoms with Gasteiger partial charge in [0, 0.05) is 24.3 Å². The first-order valence-electron chi connectivity index (χ1n) is 9.39. The highest BCUT2D eigenvalue weighted by Gasteiger charge is 2.21. The van der Waals surface area contributed by atoms with Crippen LogP contribution in [-0.4, -0.2) is 57.6 Å². The van der Waals surface area contributed by atoms with E-state index in [1.54, 1.807) is 0 Å². The summed E-state index contributed by atoms with van der Waals surface area (Å²) in [4.78, 5) is 14.4. The third-order valence-electron chi connectivity index (χ3n) is 4.73. The molecule has 2 heterocycles. The topological polar surface area (TPSA) is 60.2 Å².